The van der Waals surface area contributed by atoms with Gasteiger partial charge in [-0.1, -0.05) is 23.8 Å². The van der Waals surface area contributed by atoms with Crippen molar-refractivity contribution >= 4 is 38.8 Å². The molecule has 6 nitrogen and oxygen atoms in total. The Labute approximate surface area is 133 Å². The fraction of sp³-hybridized carbons (Fsp3) is 0.167. The van der Waals surface area contributed by atoms with Gasteiger partial charge in [-0.05, 0) is 18.2 Å². The van der Waals surface area contributed by atoms with Gasteiger partial charge in [0.1, 0.15) is 4.99 Å². The molecule has 0 aliphatic carbocycles. The van der Waals surface area contributed by atoms with Crippen LogP contribution in [0.2, 0.25) is 5.02 Å². The van der Waals surface area contributed by atoms with Gasteiger partial charge in [0.25, 0.3) is 0 Å². The molecule has 0 amide bonds. The van der Waals surface area contributed by atoms with Crippen LogP contribution in [0.5, 0.6) is 0 Å². The Morgan fingerprint density at radius 1 is 1.52 bits per heavy atom. The van der Waals surface area contributed by atoms with Crippen LogP contribution in [-0.4, -0.2) is 35.0 Å². The van der Waals surface area contributed by atoms with E-state index in [1.54, 1.807) is 12.4 Å². The molecule has 0 bridgehead atoms. The summed E-state index contributed by atoms with van der Waals surface area (Å²) >= 11 is 10.9. The van der Waals surface area contributed by atoms with Gasteiger partial charge in [-0.2, -0.15) is 9.40 Å². The Kier molecular flexibility index (Phi) is 4.62. The van der Waals surface area contributed by atoms with E-state index in [1.807, 2.05) is 0 Å². The summed E-state index contributed by atoms with van der Waals surface area (Å²) < 4.78 is 26.1. The summed E-state index contributed by atoms with van der Waals surface area (Å²) in [6.45, 7) is 0.202. The molecule has 2 rings (SSSR count). The van der Waals surface area contributed by atoms with E-state index in [9.17, 15) is 8.42 Å². The van der Waals surface area contributed by atoms with Gasteiger partial charge in [-0.25, -0.2) is 8.42 Å². The van der Waals surface area contributed by atoms with Gasteiger partial charge in [-0.3, -0.25) is 5.10 Å². The summed E-state index contributed by atoms with van der Waals surface area (Å²) in [5.41, 5.74) is 6.70. The molecule has 3 N–H and O–H groups in total. The summed E-state index contributed by atoms with van der Waals surface area (Å²) in [5.74, 6) is 0. The average molecular weight is 345 g/mol. The van der Waals surface area contributed by atoms with Gasteiger partial charge >= 0.3 is 0 Å². The number of aromatic amines is 1. The summed E-state index contributed by atoms with van der Waals surface area (Å²) in [4.78, 5) is 0.203. The minimum atomic E-state index is -3.66. The molecule has 2 aromatic rings. The number of sulfonamides is 1. The van der Waals surface area contributed by atoms with Crippen molar-refractivity contribution < 1.29 is 8.42 Å². The Bertz CT molecular complexity index is 760. The van der Waals surface area contributed by atoms with Crippen LogP contribution in [0.3, 0.4) is 0 Å². The Morgan fingerprint density at radius 2 is 2.24 bits per heavy atom. The van der Waals surface area contributed by atoms with Crippen LogP contribution in [0.25, 0.3) is 0 Å². The number of thiocarbonyl (C=S) groups is 1. The van der Waals surface area contributed by atoms with Crippen molar-refractivity contribution in [1.29, 1.82) is 0 Å². The Hall–Kier alpha value is -1.48. The Morgan fingerprint density at radius 3 is 2.76 bits per heavy atom. The zero-order valence-electron chi connectivity index (χ0n) is 11.1. The lowest BCUT2D eigenvalue weighted by atomic mass is 10.2. The number of benzene rings is 1. The first kappa shape index (κ1) is 15.9. The molecule has 0 saturated heterocycles. The first-order chi connectivity index (χ1) is 9.82. The molecule has 112 valence electrons. The lowest BCUT2D eigenvalue weighted by Crippen LogP contribution is -2.26. The molecule has 1 aromatic carbocycles. The zero-order valence-corrected chi connectivity index (χ0v) is 13.5. The fourth-order valence-corrected chi connectivity index (χ4v) is 3.51. The number of halogens is 1. The van der Waals surface area contributed by atoms with Crippen LogP contribution in [0.1, 0.15) is 11.1 Å². The molecule has 0 radical (unpaired) electrons. The monoisotopic (exact) mass is 344 g/mol. The number of H-pyrrole nitrogens is 1. The van der Waals surface area contributed by atoms with E-state index in [0.717, 1.165) is 5.56 Å². The molecule has 9 heteroatoms. The lowest BCUT2D eigenvalue weighted by molar-refractivity contribution is 0.467. The van der Waals surface area contributed by atoms with Crippen LogP contribution < -0.4 is 5.73 Å². The van der Waals surface area contributed by atoms with Crippen LogP contribution in [0.15, 0.2) is 35.5 Å². The fourth-order valence-electron chi connectivity index (χ4n) is 1.74. The molecular formula is C12H13ClN4O2S2. The van der Waals surface area contributed by atoms with Gasteiger partial charge in [-0.15, -0.1) is 0 Å². The van der Waals surface area contributed by atoms with Crippen molar-refractivity contribution in [3.05, 3.63) is 46.7 Å². The number of nitrogens with zero attached hydrogens (tertiary/aromatic N) is 2. The first-order valence-corrected chi connectivity index (χ1v) is 8.08. The maximum Gasteiger partial charge on any atom is 0.243 e. The number of aromatic nitrogens is 2. The summed E-state index contributed by atoms with van der Waals surface area (Å²) in [6, 6.07) is 4.28. The van der Waals surface area contributed by atoms with E-state index in [0.29, 0.717) is 5.56 Å². The highest BCUT2D eigenvalue weighted by molar-refractivity contribution is 7.89. The Balaban J connectivity index is 2.31. The van der Waals surface area contributed by atoms with E-state index < -0.39 is 10.0 Å². The molecule has 0 aliphatic heterocycles. The molecule has 1 aromatic heterocycles. The topological polar surface area (TPSA) is 92.1 Å². The second-order valence-corrected chi connectivity index (χ2v) is 7.27. The van der Waals surface area contributed by atoms with Gasteiger partial charge in [0.15, 0.2) is 0 Å². The molecule has 1 heterocycles. The number of nitrogens with two attached hydrogens (primary N) is 1. The van der Waals surface area contributed by atoms with Gasteiger partial charge in [0.2, 0.25) is 10.0 Å². The molecule has 0 saturated carbocycles. The maximum atomic E-state index is 12.5. The van der Waals surface area contributed by atoms with E-state index in [1.165, 1.54) is 29.6 Å². The maximum absolute atomic E-state index is 12.5. The van der Waals surface area contributed by atoms with Crippen LogP contribution in [-0.2, 0) is 16.6 Å². The van der Waals surface area contributed by atoms with E-state index in [-0.39, 0.29) is 21.5 Å². The molecule has 0 atom stereocenters. The minimum Gasteiger partial charge on any atom is -0.389 e. The van der Waals surface area contributed by atoms with E-state index in [2.05, 4.69) is 10.2 Å². The van der Waals surface area contributed by atoms with Gasteiger partial charge in [0.05, 0.1) is 16.1 Å². The standard InChI is InChI=1S/C12H13ClN4O2S2/c1-17(7-8-5-15-16-6-8)21(18,19)9-2-3-10(12(14)20)11(13)4-9/h2-6H,7H2,1H3,(H2,14,20)(H,15,16). The highest BCUT2D eigenvalue weighted by atomic mass is 35.5. The van der Waals surface area contributed by atoms with E-state index in [4.69, 9.17) is 29.6 Å². The summed E-state index contributed by atoms with van der Waals surface area (Å²) in [6.07, 6.45) is 3.20. The number of rotatable bonds is 5. The normalized spacial score (nSPS) is 11.8. The largest absolute Gasteiger partial charge is 0.389 e. The number of hydrogen-bond donors (Lipinski definition) is 2. The molecule has 0 aliphatic rings. The van der Waals surface area contributed by atoms with Gasteiger partial charge < -0.3 is 5.73 Å². The van der Waals surface area contributed by atoms with Crippen molar-refractivity contribution in [2.24, 2.45) is 5.73 Å². The lowest BCUT2D eigenvalue weighted by Gasteiger charge is -2.17. The molecular weight excluding hydrogens is 332 g/mol. The predicted octanol–water partition coefficient (Wildman–Crippen LogP) is 1.52. The van der Waals surface area contributed by atoms with Crippen LogP contribution in [0, 0.1) is 0 Å². The van der Waals surface area contributed by atoms with E-state index >= 15 is 0 Å². The van der Waals surface area contributed by atoms with Crippen molar-refractivity contribution in [3.8, 4) is 0 Å². The molecule has 21 heavy (non-hydrogen) atoms. The van der Waals surface area contributed by atoms with Crippen molar-refractivity contribution in [2.75, 3.05) is 7.05 Å². The summed E-state index contributed by atoms with van der Waals surface area (Å²) in [5, 5.41) is 6.62. The molecule has 0 unspecified atom stereocenters. The van der Waals surface area contributed by atoms with Gasteiger partial charge in [0, 0.05) is 30.9 Å². The average Bonchev–Trinajstić information content (AvgIpc) is 2.90. The highest BCUT2D eigenvalue weighted by Crippen LogP contribution is 2.23. The van der Waals surface area contributed by atoms with Crippen molar-refractivity contribution in [2.45, 2.75) is 11.4 Å². The van der Waals surface area contributed by atoms with Crippen LogP contribution in [0.4, 0.5) is 0 Å². The number of nitrogens with one attached hydrogen (secondary N) is 1. The first-order valence-electron chi connectivity index (χ1n) is 5.85. The van der Waals surface area contributed by atoms with Crippen molar-refractivity contribution in [3.63, 3.8) is 0 Å². The zero-order chi connectivity index (χ0) is 15.6. The smallest absolute Gasteiger partial charge is 0.243 e. The third kappa shape index (κ3) is 3.41. The number of hydrogen-bond acceptors (Lipinski definition) is 4. The second kappa shape index (κ2) is 6.10. The minimum absolute atomic E-state index is 0.0819. The summed E-state index contributed by atoms with van der Waals surface area (Å²) in [7, 11) is -2.17. The third-order valence-corrected chi connectivity index (χ3v) is 5.21. The highest BCUT2D eigenvalue weighted by Gasteiger charge is 2.22. The predicted molar refractivity (Wildman–Crippen MR) is 84.6 cm³/mol. The molecule has 0 fully saturated rings. The third-order valence-electron chi connectivity index (χ3n) is 2.87. The quantitative estimate of drug-likeness (QED) is 0.802. The SMILES string of the molecule is CN(Cc1cn[nH]c1)S(=O)(=O)c1ccc(C(N)=S)c(Cl)c1. The van der Waals surface area contributed by atoms with Crippen LogP contribution >= 0.6 is 23.8 Å². The second-order valence-electron chi connectivity index (χ2n) is 4.37. The molecule has 0 spiro atoms. The van der Waals surface area contributed by atoms with Crippen molar-refractivity contribution in [1.82, 2.24) is 14.5 Å².